The Morgan fingerprint density at radius 1 is 0.906 bits per heavy atom. The fourth-order valence-electron chi connectivity index (χ4n) is 3.76. The van der Waals surface area contributed by atoms with Gasteiger partial charge in [0.1, 0.15) is 5.75 Å². The number of methoxy groups -OCH3 is 2. The van der Waals surface area contributed by atoms with Gasteiger partial charge in [0.25, 0.3) is 0 Å². The van der Waals surface area contributed by atoms with Crippen molar-refractivity contribution in [3.63, 3.8) is 0 Å². The van der Waals surface area contributed by atoms with Crippen LogP contribution in [0.3, 0.4) is 0 Å². The number of ether oxygens (including phenoxy) is 2. The summed E-state index contributed by atoms with van der Waals surface area (Å²) in [6.45, 7) is 1.81. The van der Waals surface area contributed by atoms with Crippen LogP contribution in [-0.2, 0) is 11.3 Å². The number of rotatable bonds is 5. The second kappa shape index (κ2) is 9.43. The van der Waals surface area contributed by atoms with E-state index in [-0.39, 0.29) is 6.03 Å². The molecule has 0 saturated heterocycles. The van der Waals surface area contributed by atoms with E-state index in [4.69, 9.17) is 9.47 Å². The van der Waals surface area contributed by atoms with Gasteiger partial charge in [-0.3, -0.25) is 4.90 Å². The Morgan fingerprint density at radius 2 is 1.66 bits per heavy atom. The van der Waals surface area contributed by atoms with Crippen LogP contribution in [0.2, 0.25) is 0 Å². The van der Waals surface area contributed by atoms with Gasteiger partial charge in [-0.25, -0.2) is 9.59 Å². The van der Waals surface area contributed by atoms with Crippen LogP contribution >= 0.6 is 0 Å². The molecule has 1 aliphatic rings. The molecular formula is C25H25N3O4. The van der Waals surface area contributed by atoms with E-state index in [0.717, 1.165) is 22.7 Å². The number of esters is 1. The number of nitrogens with zero attached hydrogens (tertiary/aromatic N) is 2. The molecule has 0 bridgehead atoms. The van der Waals surface area contributed by atoms with Crippen molar-refractivity contribution in [2.75, 3.05) is 42.4 Å². The molecule has 164 valence electrons. The summed E-state index contributed by atoms with van der Waals surface area (Å²) in [5.74, 6) is 0.311. The first-order chi connectivity index (χ1) is 15.6. The van der Waals surface area contributed by atoms with E-state index >= 15 is 0 Å². The van der Waals surface area contributed by atoms with E-state index in [0.29, 0.717) is 30.9 Å². The molecule has 7 heteroatoms. The summed E-state index contributed by atoms with van der Waals surface area (Å²) >= 11 is 0. The van der Waals surface area contributed by atoms with Crippen molar-refractivity contribution in [3.05, 3.63) is 83.9 Å². The van der Waals surface area contributed by atoms with Gasteiger partial charge in [0, 0.05) is 25.3 Å². The maximum atomic E-state index is 13.1. The first-order valence-corrected chi connectivity index (χ1v) is 10.3. The second-order valence-electron chi connectivity index (χ2n) is 7.41. The number of hydrogen-bond acceptors (Lipinski definition) is 5. The van der Waals surface area contributed by atoms with Crippen LogP contribution < -0.4 is 19.9 Å². The van der Waals surface area contributed by atoms with Crippen molar-refractivity contribution < 1.29 is 19.1 Å². The molecule has 3 aromatic carbocycles. The topological polar surface area (TPSA) is 71.1 Å². The SMILES string of the molecule is COC(=O)c1ccc2c(c1)N(Cc1ccccc1)CCN2C(=O)Nc1ccc(OC)cc1. The molecule has 3 aromatic rings. The van der Waals surface area contributed by atoms with Crippen molar-refractivity contribution >= 4 is 29.1 Å². The average Bonchev–Trinajstić information content (AvgIpc) is 2.84. The van der Waals surface area contributed by atoms with Crippen LogP contribution in [0.25, 0.3) is 0 Å². The van der Waals surface area contributed by atoms with Gasteiger partial charge in [0.15, 0.2) is 0 Å². The molecule has 0 radical (unpaired) electrons. The highest BCUT2D eigenvalue weighted by Gasteiger charge is 2.28. The Hall–Kier alpha value is -4.00. The molecular weight excluding hydrogens is 406 g/mol. The summed E-state index contributed by atoms with van der Waals surface area (Å²) in [6.07, 6.45) is 0. The van der Waals surface area contributed by atoms with E-state index in [1.54, 1.807) is 54.5 Å². The smallest absolute Gasteiger partial charge is 0.337 e. The lowest BCUT2D eigenvalue weighted by atomic mass is 10.1. The Bertz CT molecular complexity index is 1100. The number of nitrogens with one attached hydrogen (secondary N) is 1. The predicted octanol–water partition coefficient (Wildman–Crippen LogP) is 4.54. The first kappa shape index (κ1) is 21.2. The summed E-state index contributed by atoms with van der Waals surface area (Å²) in [6, 6.07) is 22.3. The van der Waals surface area contributed by atoms with E-state index in [9.17, 15) is 9.59 Å². The maximum Gasteiger partial charge on any atom is 0.337 e. The predicted molar refractivity (Wildman–Crippen MR) is 125 cm³/mol. The van der Waals surface area contributed by atoms with E-state index in [1.807, 2.05) is 18.2 Å². The molecule has 7 nitrogen and oxygen atoms in total. The Morgan fingerprint density at radius 3 is 2.34 bits per heavy atom. The molecule has 0 fully saturated rings. The summed E-state index contributed by atoms with van der Waals surface area (Å²) in [4.78, 5) is 29.1. The quantitative estimate of drug-likeness (QED) is 0.601. The number of carbonyl (C=O) groups excluding carboxylic acids is 2. The van der Waals surface area contributed by atoms with Gasteiger partial charge in [-0.15, -0.1) is 0 Å². The van der Waals surface area contributed by atoms with Crippen LogP contribution in [0.15, 0.2) is 72.8 Å². The number of anilines is 3. The normalized spacial score (nSPS) is 12.7. The molecule has 0 aromatic heterocycles. The second-order valence-corrected chi connectivity index (χ2v) is 7.41. The molecule has 0 atom stereocenters. The molecule has 2 amide bonds. The Kier molecular flexibility index (Phi) is 6.26. The van der Waals surface area contributed by atoms with E-state index in [1.165, 1.54) is 7.11 Å². The third-order valence-corrected chi connectivity index (χ3v) is 5.42. The third-order valence-electron chi connectivity index (χ3n) is 5.42. The van der Waals surface area contributed by atoms with Crippen LogP contribution in [0.5, 0.6) is 5.75 Å². The minimum Gasteiger partial charge on any atom is -0.497 e. The van der Waals surface area contributed by atoms with Crippen LogP contribution in [0.1, 0.15) is 15.9 Å². The first-order valence-electron chi connectivity index (χ1n) is 10.3. The highest BCUT2D eigenvalue weighted by atomic mass is 16.5. The summed E-state index contributed by atoms with van der Waals surface area (Å²) < 4.78 is 10.1. The standard InChI is InChI=1S/C25H25N3O4/c1-31-21-11-9-20(10-12-21)26-25(30)28-15-14-27(17-18-6-4-3-5-7-18)23-16-19(24(29)32-2)8-13-22(23)28/h3-13,16H,14-15,17H2,1-2H3,(H,26,30). The zero-order valence-electron chi connectivity index (χ0n) is 18.1. The van der Waals surface area contributed by atoms with Crippen molar-refractivity contribution in [2.45, 2.75) is 6.54 Å². The van der Waals surface area contributed by atoms with Gasteiger partial charge in [-0.2, -0.15) is 0 Å². The average molecular weight is 431 g/mol. The highest BCUT2D eigenvalue weighted by Crippen LogP contribution is 2.35. The molecule has 1 N–H and O–H groups in total. The van der Waals surface area contributed by atoms with Crippen LogP contribution in [0.4, 0.5) is 21.9 Å². The number of fused-ring (bicyclic) bond motifs is 1. The van der Waals surface area contributed by atoms with Crippen molar-refractivity contribution in [2.24, 2.45) is 0 Å². The summed E-state index contributed by atoms with van der Waals surface area (Å²) in [5, 5.41) is 2.94. The number of amides is 2. The van der Waals surface area contributed by atoms with E-state index in [2.05, 4.69) is 22.3 Å². The van der Waals surface area contributed by atoms with Gasteiger partial charge in [-0.1, -0.05) is 30.3 Å². The van der Waals surface area contributed by atoms with Crippen molar-refractivity contribution in [1.82, 2.24) is 0 Å². The lowest BCUT2D eigenvalue weighted by Gasteiger charge is -2.38. The lowest BCUT2D eigenvalue weighted by Crippen LogP contribution is -2.45. The van der Waals surface area contributed by atoms with Crippen LogP contribution in [-0.4, -0.2) is 39.3 Å². The third kappa shape index (κ3) is 4.51. The van der Waals surface area contributed by atoms with Gasteiger partial charge in [-0.05, 0) is 48.0 Å². The monoisotopic (exact) mass is 431 g/mol. The molecule has 4 rings (SSSR count). The number of hydrogen-bond donors (Lipinski definition) is 1. The fraction of sp³-hybridized carbons (Fsp3) is 0.200. The van der Waals surface area contributed by atoms with Gasteiger partial charge in [0.05, 0.1) is 31.2 Å². The van der Waals surface area contributed by atoms with Gasteiger partial charge in [0.2, 0.25) is 0 Å². The summed E-state index contributed by atoms with van der Waals surface area (Å²) in [5.41, 5.74) is 3.83. The molecule has 0 saturated carbocycles. The highest BCUT2D eigenvalue weighted by molar-refractivity contribution is 6.05. The number of benzene rings is 3. The van der Waals surface area contributed by atoms with Gasteiger partial charge < -0.3 is 19.7 Å². The lowest BCUT2D eigenvalue weighted by molar-refractivity contribution is 0.0601. The zero-order valence-corrected chi connectivity index (χ0v) is 18.1. The van der Waals surface area contributed by atoms with Gasteiger partial charge >= 0.3 is 12.0 Å². The van der Waals surface area contributed by atoms with Crippen molar-refractivity contribution in [1.29, 1.82) is 0 Å². The molecule has 0 aliphatic carbocycles. The Labute approximate surface area is 187 Å². The molecule has 0 spiro atoms. The Balaban J connectivity index is 1.62. The van der Waals surface area contributed by atoms with E-state index < -0.39 is 5.97 Å². The minimum atomic E-state index is -0.410. The number of carbonyl (C=O) groups is 2. The van der Waals surface area contributed by atoms with Crippen molar-refractivity contribution in [3.8, 4) is 5.75 Å². The fourth-order valence-corrected chi connectivity index (χ4v) is 3.76. The zero-order chi connectivity index (χ0) is 22.5. The number of urea groups is 1. The maximum absolute atomic E-state index is 13.1. The minimum absolute atomic E-state index is 0.235. The summed E-state index contributed by atoms with van der Waals surface area (Å²) in [7, 11) is 2.96. The van der Waals surface area contributed by atoms with Crippen LogP contribution in [0, 0.1) is 0 Å². The molecule has 32 heavy (non-hydrogen) atoms. The molecule has 1 aliphatic heterocycles. The molecule has 1 heterocycles. The largest absolute Gasteiger partial charge is 0.497 e. The molecule has 0 unspecified atom stereocenters.